The van der Waals surface area contributed by atoms with Gasteiger partial charge in [0.05, 0.1) is 9.75 Å². The highest BCUT2D eigenvalue weighted by molar-refractivity contribution is 7.12. The minimum absolute atomic E-state index is 0.524. The summed E-state index contributed by atoms with van der Waals surface area (Å²) in [5.74, 6) is 2.54. The number of thiophene rings is 1. The second kappa shape index (κ2) is 3.81. The number of hydrogen-bond donors (Lipinski definition) is 0. The third-order valence-corrected chi connectivity index (χ3v) is 3.94. The van der Waals surface area contributed by atoms with Gasteiger partial charge in [0.15, 0.2) is 11.5 Å². The van der Waals surface area contributed by atoms with E-state index in [1.54, 1.807) is 0 Å². The van der Waals surface area contributed by atoms with Gasteiger partial charge in [0.25, 0.3) is 0 Å². The lowest BCUT2D eigenvalue weighted by Gasteiger charge is -2.17. The van der Waals surface area contributed by atoms with Crippen LogP contribution in [-0.4, -0.2) is 13.2 Å². The molecule has 1 aromatic rings. The fourth-order valence-electron chi connectivity index (χ4n) is 1.65. The van der Waals surface area contributed by atoms with Crippen molar-refractivity contribution in [3.8, 4) is 11.5 Å². The Hall–Kier alpha value is -0.700. The van der Waals surface area contributed by atoms with Crippen molar-refractivity contribution in [1.82, 2.24) is 0 Å². The lowest BCUT2D eigenvalue weighted by Crippen LogP contribution is -2.15. The van der Waals surface area contributed by atoms with Crippen LogP contribution in [-0.2, 0) is 6.42 Å². The minimum atomic E-state index is 0.524. The Labute approximate surface area is 88.8 Å². The highest BCUT2D eigenvalue weighted by Crippen LogP contribution is 2.47. The van der Waals surface area contributed by atoms with Crippen molar-refractivity contribution >= 4 is 11.3 Å². The van der Waals surface area contributed by atoms with E-state index in [1.165, 1.54) is 9.75 Å². The van der Waals surface area contributed by atoms with Gasteiger partial charge in [-0.05, 0) is 12.3 Å². The van der Waals surface area contributed by atoms with Crippen molar-refractivity contribution in [3.63, 3.8) is 0 Å². The Morgan fingerprint density at radius 1 is 1.21 bits per heavy atom. The molecule has 1 aromatic heterocycles. The van der Waals surface area contributed by atoms with Crippen LogP contribution in [0.2, 0.25) is 0 Å². The first-order chi connectivity index (χ1) is 6.74. The van der Waals surface area contributed by atoms with Gasteiger partial charge in [-0.15, -0.1) is 11.3 Å². The molecule has 0 aromatic carbocycles. The lowest BCUT2D eigenvalue weighted by atomic mass is 10.1. The zero-order valence-corrected chi connectivity index (χ0v) is 9.74. The number of hydrogen-bond acceptors (Lipinski definition) is 3. The SMILES string of the molecule is CCc1sc(C(C)C)c2c1OCCO2. The zero-order chi connectivity index (χ0) is 10.1. The molecule has 1 aliphatic rings. The molecular weight excluding hydrogens is 196 g/mol. The van der Waals surface area contributed by atoms with Crippen LogP contribution >= 0.6 is 11.3 Å². The van der Waals surface area contributed by atoms with Crippen LogP contribution in [0.1, 0.15) is 36.4 Å². The van der Waals surface area contributed by atoms with Crippen molar-refractivity contribution in [2.75, 3.05) is 13.2 Å². The second-order valence-electron chi connectivity index (χ2n) is 3.75. The van der Waals surface area contributed by atoms with Gasteiger partial charge in [-0.1, -0.05) is 20.8 Å². The lowest BCUT2D eigenvalue weighted by molar-refractivity contribution is 0.170. The molecule has 0 aliphatic carbocycles. The van der Waals surface area contributed by atoms with Crippen molar-refractivity contribution in [1.29, 1.82) is 0 Å². The normalized spacial score (nSPS) is 14.9. The summed E-state index contributed by atoms with van der Waals surface area (Å²) in [6.45, 7) is 7.93. The van der Waals surface area contributed by atoms with Crippen LogP contribution in [0.4, 0.5) is 0 Å². The maximum absolute atomic E-state index is 5.68. The van der Waals surface area contributed by atoms with Crippen LogP contribution < -0.4 is 9.47 Å². The van der Waals surface area contributed by atoms with Crippen molar-refractivity contribution in [2.45, 2.75) is 33.1 Å². The maximum Gasteiger partial charge on any atom is 0.175 e. The topological polar surface area (TPSA) is 18.5 Å². The largest absolute Gasteiger partial charge is 0.485 e. The van der Waals surface area contributed by atoms with Gasteiger partial charge in [0.1, 0.15) is 13.2 Å². The molecule has 2 rings (SSSR count). The standard InChI is InChI=1S/C11H16O2S/c1-4-8-9-10(13-6-5-12-9)11(14-8)7(2)3/h7H,4-6H2,1-3H3. The fourth-order valence-corrected chi connectivity index (χ4v) is 2.78. The summed E-state index contributed by atoms with van der Waals surface area (Å²) in [6.07, 6.45) is 1.03. The molecule has 0 N–H and O–H groups in total. The van der Waals surface area contributed by atoms with E-state index in [0.717, 1.165) is 17.9 Å². The second-order valence-corrected chi connectivity index (χ2v) is 4.89. The third kappa shape index (κ3) is 1.50. The quantitative estimate of drug-likeness (QED) is 0.749. The van der Waals surface area contributed by atoms with E-state index in [-0.39, 0.29) is 0 Å². The van der Waals surface area contributed by atoms with Gasteiger partial charge in [-0.25, -0.2) is 0 Å². The van der Waals surface area contributed by atoms with E-state index in [9.17, 15) is 0 Å². The van der Waals surface area contributed by atoms with E-state index in [0.29, 0.717) is 19.1 Å². The molecule has 78 valence electrons. The van der Waals surface area contributed by atoms with Gasteiger partial charge in [0.2, 0.25) is 0 Å². The van der Waals surface area contributed by atoms with E-state index in [2.05, 4.69) is 20.8 Å². The van der Waals surface area contributed by atoms with Crippen molar-refractivity contribution in [3.05, 3.63) is 9.75 Å². The maximum atomic E-state index is 5.68. The molecule has 0 bridgehead atoms. The van der Waals surface area contributed by atoms with Gasteiger partial charge < -0.3 is 9.47 Å². The van der Waals surface area contributed by atoms with E-state index < -0.39 is 0 Å². The molecule has 0 radical (unpaired) electrons. The Kier molecular flexibility index (Phi) is 2.68. The molecule has 2 nitrogen and oxygen atoms in total. The summed E-state index contributed by atoms with van der Waals surface area (Å²) < 4.78 is 11.3. The van der Waals surface area contributed by atoms with E-state index in [1.807, 2.05) is 11.3 Å². The minimum Gasteiger partial charge on any atom is -0.485 e. The Morgan fingerprint density at radius 3 is 2.43 bits per heavy atom. The number of rotatable bonds is 2. The zero-order valence-electron chi connectivity index (χ0n) is 8.92. The van der Waals surface area contributed by atoms with Crippen molar-refractivity contribution < 1.29 is 9.47 Å². The van der Waals surface area contributed by atoms with E-state index in [4.69, 9.17) is 9.47 Å². The highest BCUT2D eigenvalue weighted by atomic mass is 32.1. The summed E-state index contributed by atoms with van der Waals surface area (Å²) in [5, 5.41) is 0. The van der Waals surface area contributed by atoms with Crippen LogP contribution in [0.25, 0.3) is 0 Å². The molecule has 0 fully saturated rings. The number of aryl methyl sites for hydroxylation is 1. The van der Waals surface area contributed by atoms with Crippen LogP contribution in [0.3, 0.4) is 0 Å². The molecule has 0 spiro atoms. The fraction of sp³-hybridized carbons (Fsp3) is 0.636. The Balaban J connectivity index is 2.46. The highest BCUT2D eigenvalue weighted by Gasteiger charge is 2.24. The van der Waals surface area contributed by atoms with Gasteiger partial charge >= 0.3 is 0 Å². The molecular formula is C11H16O2S. The summed E-state index contributed by atoms with van der Waals surface area (Å²) in [5.41, 5.74) is 0. The summed E-state index contributed by atoms with van der Waals surface area (Å²) in [6, 6.07) is 0. The Morgan fingerprint density at radius 2 is 1.86 bits per heavy atom. The summed E-state index contributed by atoms with van der Waals surface area (Å²) in [7, 11) is 0. The molecule has 0 atom stereocenters. The van der Waals surface area contributed by atoms with Gasteiger partial charge in [0, 0.05) is 0 Å². The molecule has 0 saturated carbocycles. The molecule has 14 heavy (non-hydrogen) atoms. The first-order valence-electron chi connectivity index (χ1n) is 5.15. The smallest absolute Gasteiger partial charge is 0.175 e. The molecule has 0 saturated heterocycles. The van der Waals surface area contributed by atoms with Gasteiger partial charge in [-0.3, -0.25) is 0 Å². The average molecular weight is 212 g/mol. The van der Waals surface area contributed by atoms with Crippen LogP contribution in [0.5, 0.6) is 11.5 Å². The summed E-state index contributed by atoms with van der Waals surface area (Å²) >= 11 is 1.83. The average Bonchev–Trinajstić information content (AvgIpc) is 2.56. The predicted molar refractivity (Wildman–Crippen MR) is 58.8 cm³/mol. The molecule has 0 unspecified atom stereocenters. The van der Waals surface area contributed by atoms with Gasteiger partial charge in [-0.2, -0.15) is 0 Å². The van der Waals surface area contributed by atoms with Crippen molar-refractivity contribution in [2.24, 2.45) is 0 Å². The van der Waals surface area contributed by atoms with Crippen LogP contribution in [0, 0.1) is 0 Å². The van der Waals surface area contributed by atoms with Crippen LogP contribution in [0.15, 0.2) is 0 Å². The Bertz CT molecular complexity index is 328. The molecule has 2 heterocycles. The first kappa shape index (κ1) is 9.84. The first-order valence-corrected chi connectivity index (χ1v) is 5.96. The number of fused-ring (bicyclic) bond motifs is 1. The molecule has 0 amide bonds. The molecule has 3 heteroatoms. The monoisotopic (exact) mass is 212 g/mol. The predicted octanol–water partition coefficient (Wildman–Crippen LogP) is 3.21. The summed E-state index contributed by atoms with van der Waals surface area (Å²) in [4.78, 5) is 2.65. The third-order valence-electron chi connectivity index (χ3n) is 2.34. The number of ether oxygens (including phenoxy) is 2. The molecule has 1 aliphatic heterocycles. The van der Waals surface area contributed by atoms with E-state index >= 15 is 0 Å².